The minimum absolute atomic E-state index is 0.178. The summed E-state index contributed by atoms with van der Waals surface area (Å²) in [6.07, 6.45) is 1.27. The maximum atomic E-state index is 10.7. The van der Waals surface area contributed by atoms with Gasteiger partial charge in [0.15, 0.2) is 0 Å². The highest BCUT2D eigenvalue weighted by Gasteiger charge is 2.21. The number of hydrogen-bond acceptors (Lipinski definition) is 2. The van der Waals surface area contributed by atoms with Gasteiger partial charge in [-0.2, -0.15) is 0 Å². The van der Waals surface area contributed by atoms with E-state index in [0.717, 1.165) is 6.42 Å². The Morgan fingerprint density at radius 1 is 1.64 bits per heavy atom. The number of aliphatic carboxylic acids is 1. The monoisotopic (exact) mass is 212 g/mol. The maximum Gasteiger partial charge on any atom is 0.304 e. The van der Waals surface area contributed by atoms with Crippen molar-refractivity contribution in [1.82, 2.24) is 0 Å². The molecule has 78 valence electrons. The van der Waals surface area contributed by atoms with Gasteiger partial charge in [-0.15, -0.1) is 11.3 Å². The lowest BCUT2D eigenvalue weighted by atomic mass is 9.88. The van der Waals surface area contributed by atoms with Gasteiger partial charge in [0.2, 0.25) is 0 Å². The van der Waals surface area contributed by atoms with Crippen LogP contribution >= 0.6 is 11.3 Å². The van der Waals surface area contributed by atoms with Gasteiger partial charge in [0, 0.05) is 10.8 Å². The van der Waals surface area contributed by atoms with Gasteiger partial charge in [0.1, 0.15) is 0 Å². The molecule has 14 heavy (non-hydrogen) atoms. The van der Waals surface area contributed by atoms with Crippen LogP contribution in [-0.2, 0) is 4.79 Å². The Kier molecular flexibility index (Phi) is 4.14. The number of thiophene rings is 1. The molecule has 0 bridgehead atoms. The summed E-state index contributed by atoms with van der Waals surface area (Å²) in [4.78, 5) is 11.9. The highest BCUT2D eigenvalue weighted by atomic mass is 32.1. The Morgan fingerprint density at radius 3 is 2.79 bits per heavy atom. The molecular formula is C11H16O2S. The average molecular weight is 212 g/mol. The van der Waals surface area contributed by atoms with Crippen LogP contribution in [0.3, 0.4) is 0 Å². The molecule has 0 aliphatic heterocycles. The van der Waals surface area contributed by atoms with Crippen molar-refractivity contribution in [2.24, 2.45) is 5.92 Å². The number of carbonyl (C=O) groups is 1. The molecule has 0 saturated heterocycles. The van der Waals surface area contributed by atoms with E-state index in [2.05, 4.69) is 13.8 Å². The van der Waals surface area contributed by atoms with Crippen molar-refractivity contribution < 1.29 is 9.90 Å². The van der Waals surface area contributed by atoms with Crippen molar-refractivity contribution in [2.75, 3.05) is 0 Å². The second-order valence-electron chi connectivity index (χ2n) is 3.61. The molecule has 2 atom stereocenters. The molecule has 2 unspecified atom stereocenters. The Balaban J connectivity index is 2.77. The fourth-order valence-electron chi connectivity index (χ4n) is 1.56. The molecule has 0 aliphatic rings. The standard InChI is InChI=1S/C11H16O2S/c1-3-8(2)9(7-11(12)13)10-5-4-6-14-10/h4-6,8-9H,3,7H2,1-2H3,(H,12,13). The molecule has 0 saturated carbocycles. The number of rotatable bonds is 5. The van der Waals surface area contributed by atoms with Gasteiger partial charge in [0.05, 0.1) is 6.42 Å². The largest absolute Gasteiger partial charge is 0.481 e. The van der Waals surface area contributed by atoms with Crippen LogP contribution in [0.15, 0.2) is 17.5 Å². The molecule has 1 heterocycles. The molecule has 1 rings (SSSR count). The van der Waals surface area contributed by atoms with Crippen molar-refractivity contribution in [3.8, 4) is 0 Å². The van der Waals surface area contributed by atoms with Gasteiger partial charge in [-0.1, -0.05) is 26.3 Å². The molecular weight excluding hydrogens is 196 g/mol. The molecule has 1 aromatic heterocycles. The first-order chi connectivity index (χ1) is 6.65. The quantitative estimate of drug-likeness (QED) is 0.812. The lowest BCUT2D eigenvalue weighted by molar-refractivity contribution is -0.137. The van der Waals surface area contributed by atoms with Crippen LogP contribution < -0.4 is 0 Å². The van der Waals surface area contributed by atoms with E-state index in [9.17, 15) is 4.79 Å². The summed E-state index contributed by atoms with van der Waals surface area (Å²) in [5, 5.41) is 10.8. The predicted octanol–water partition coefficient (Wildman–Crippen LogP) is 3.35. The summed E-state index contributed by atoms with van der Waals surface area (Å²) in [5.41, 5.74) is 0. The third-order valence-electron chi connectivity index (χ3n) is 2.63. The van der Waals surface area contributed by atoms with Gasteiger partial charge in [-0.05, 0) is 17.4 Å². The average Bonchev–Trinajstić information content (AvgIpc) is 2.65. The summed E-state index contributed by atoms with van der Waals surface area (Å²) in [6, 6.07) is 4.02. The summed E-state index contributed by atoms with van der Waals surface area (Å²) in [6.45, 7) is 4.22. The van der Waals surface area contributed by atoms with Crippen LogP contribution in [0, 0.1) is 5.92 Å². The Labute approximate surface area is 88.6 Å². The van der Waals surface area contributed by atoms with Crippen LogP contribution in [0.1, 0.15) is 37.5 Å². The molecule has 3 heteroatoms. The molecule has 0 amide bonds. The second-order valence-corrected chi connectivity index (χ2v) is 4.58. The van der Waals surface area contributed by atoms with Crippen molar-refractivity contribution in [1.29, 1.82) is 0 Å². The molecule has 0 aromatic carbocycles. The molecule has 0 radical (unpaired) electrons. The van der Waals surface area contributed by atoms with E-state index in [1.165, 1.54) is 4.88 Å². The Bertz CT molecular complexity index is 279. The number of hydrogen-bond donors (Lipinski definition) is 1. The number of carboxylic acids is 1. The fraction of sp³-hybridized carbons (Fsp3) is 0.545. The van der Waals surface area contributed by atoms with E-state index >= 15 is 0 Å². The summed E-state index contributed by atoms with van der Waals surface area (Å²) in [7, 11) is 0. The highest BCUT2D eigenvalue weighted by molar-refractivity contribution is 7.10. The van der Waals surface area contributed by atoms with Crippen LogP contribution in [0.5, 0.6) is 0 Å². The first-order valence-corrected chi connectivity index (χ1v) is 5.78. The minimum atomic E-state index is -0.705. The molecule has 0 fully saturated rings. The second kappa shape index (κ2) is 5.15. The van der Waals surface area contributed by atoms with E-state index in [1.807, 2.05) is 17.5 Å². The van der Waals surface area contributed by atoms with E-state index in [0.29, 0.717) is 5.92 Å². The van der Waals surface area contributed by atoms with Gasteiger partial charge in [0.25, 0.3) is 0 Å². The maximum absolute atomic E-state index is 10.7. The van der Waals surface area contributed by atoms with E-state index in [1.54, 1.807) is 11.3 Å². The molecule has 1 aromatic rings. The third kappa shape index (κ3) is 2.84. The zero-order valence-corrected chi connectivity index (χ0v) is 9.38. The van der Waals surface area contributed by atoms with Crippen molar-refractivity contribution in [3.05, 3.63) is 22.4 Å². The lowest BCUT2D eigenvalue weighted by Crippen LogP contribution is -2.12. The Morgan fingerprint density at radius 2 is 2.36 bits per heavy atom. The zero-order chi connectivity index (χ0) is 10.6. The van der Waals surface area contributed by atoms with E-state index in [-0.39, 0.29) is 12.3 Å². The van der Waals surface area contributed by atoms with Crippen LogP contribution in [0.4, 0.5) is 0 Å². The topological polar surface area (TPSA) is 37.3 Å². The highest BCUT2D eigenvalue weighted by Crippen LogP contribution is 2.32. The Hall–Kier alpha value is -0.830. The van der Waals surface area contributed by atoms with Crippen molar-refractivity contribution >= 4 is 17.3 Å². The lowest BCUT2D eigenvalue weighted by Gasteiger charge is -2.19. The normalized spacial score (nSPS) is 15.0. The van der Waals surface area contributed by atoms with E-state index in [4.69, 9.17) is 5.11 Å². The fourth-order valence-corrected chi connectivity index (χ4v) is 2.52. The minimum Gasteiger partial charge on any atom is -0.481 e. The summed E-state index contributed by atoms with van der Waals surface area (Å²) in [5.74, 6) is -0.0917. The molecule has 1 N–H and O–H groups in total. The molecule has 0 aliphatic carbocycles. The van der Waals surface area contributed by atoms with Crippen molar-refractivity contribution in [2.45, 2.75) is 32.6 Å². The van der Waals surface area contributed by atoms with Crippen LogP contribution in [0.25, 0.3) is 0 Å². The van der Waals surface area contributed by atoms with Crippen molar-refractivity contribution in [3.63, 3.8) is 0 Å². The number of carboxylic acid groups (broad SMARTS) is 1. The zero-order valence-electron chi connectivity index (χ0n) is 8.56. The SMILES string of the molecule is CCC(C)C(CC(=O)O)c1cccs1. The van der Waals surface area contributed by atoms with Gasteiger partial charge < -0.3 is 5.11 Å². The summed E-state index contributed by atoms with van der Waals surface area (Å²) < 4.78 is 0. The molecule has 2 nitrogen and oxygen atoms in total. The van der Waals surface area contributed by atoms with Crippen LogP contribution in [-0.4, -0.2) is 11.1 Å². The smallest absolute Gasteiger partial charge is 0.304 e. The van der Waals surface area contributed by atoms with Crippen LogP contribution in [0.2, 0.25) is 0 Å². The van der Waals surface area contributed by atoms with Gasteiger partial charge >= 0.3 is 5.97 Å². The van der Waals surface area contributed by atoms with Gasteiger partial charge in [-0.3, -0.25) is 4.79 Å². The summed E-state index contributed by atoms with van der Waals surface area (Å²) >= 11 is 1.65. The first kappa shape index (κ1) is 11.2. The van der Waals surface area contributed by atoms with Gasteiger partial charge in [-0.25, -0.2) is 0 Å². The third-order valence-corrected chi connectivity index (χ3v) is 3.64. The first-order valence-electron chi connectivity index (χ1n) is 4.90. The van der Waals surface area contributed by atoms with E-state index < -0.39 is 5.97 Å². The molecule has 0 spiro atoms. The predicted molar refractivity (Wildman–Crippen MR) is 58.8 cm³/mol.